The first-order valence-corrected chi connectivity index (χ1v) is 22.2. The number of hydrogen-bond acceptors (Lipinski definition) is 7. The van der Waals surface area contributed by atoms with Crippen LogP contribution in [0.3, 0.4) is 0 Å². The Kier molecular flexibility index (Phi) is 7.75. The quantitative estimate of drug-likeness (QED) is 0.159. The lowest BCUT2D eigenvalue weighted by Gasteiger charge is -2.26. The summed E-state index contributed by atoms with van der Waals surface area (Å²) in [6, 6.07) is 58.4. The summed E-state index contributed by atoms with van der Waals surface area (Å²) in [6.45, 7) is 2.22. The van der Waals surface area contributed by atoms with Crippen LogP contribution in [0.5, 0.6) is 5.75 Å². The Morgan fingerprint density at radius 2 is 1.14 bits per heavy atom. The standard InChI is InChI=1S/C59H36N4O3/c1-59-32-12-11-27-49(59)66-55-42(22-14-23-44(55)59)58-62-56(61-57(63-58)41-21-13-20-38-37-17-6-9-25-46(37)65-54(38)41)36-30-28-34(29-31-36)50-51-39-18-5-8-24-45(39)60-53(35-15-3-2-4-16-35)43(51)33-48-52(50)40-19-7-10-26-47(40)64-48/h2-33,49H,1H3. The van der Waals surface area contributed by atoms with Crippen LogP contribution < -0.4 is 4.74 Å². The molecule has 14 rings (SSSR count). The van der Waals surface area contributed by atoms with Crippen molar-refractivity contribution < 1.29 is 13.6 Å². The van der Waals surface area contributed by atoms with E-state index < -0.39 is 0 Å². The zero-order valence-electron chi connectivity index (χ0n) is 35.6. The van der Waals surface area contributed by atoms with E-state index >= 15 is 0 Å². The van der Waals surface area contributed by atoms with Crippen LogP contribution in [0.2, 0.25) is 0 Å². The fourth-order valence-corrected chi connectivity index (χ4v) is 10.4. The highest BCUT2D eigenvalue weighted by Crippen LogP contribution is 2.51. The van der Waals surface area contributed by atoms with Crippen LogP contribution in [-0.2, 0) is 5.41 Å². The van der Waals surface area contributed by atoms with Crippen molar-refractivity contribution in [2.75, 3.05) is 0 Å². The summed E-state index contributed by atoms with van der Waals surface area (Å²) in [6.07, 6.45) is 8.35. The number of benzene rings is 8. The van der Waals surface area contributed by atoms with Crippen molar-refractivity contribution in [3.8, 4) is 62.3 Å². The summed E-state index contributed by atoms with van der Waals surface area (Å²) in [4.78, 5) is 21.0. The lowest BCUT2D eigenvalue weighted by Crippen LogP contribution is -2.32. The van der Waals surface area contributed by atoms with Gasteiger partial charge in [0.1, 0.15) is 34.2 Å². The Labute approximate surface area is 378 Å². The molecule has 0 bridgehead atoms. The van der Waals surface area contributed by atoms with Crippen LogP contribution in [0.25, 0.3) is 122 Å². The highest BCUT2D eigenvalue weighted by atomic mass is 16.5. The number of para-hydroxylation sites is 5. The molecule has 0 spiro atoms. The number of furan rings is 2. The van der Waals surface area contributed by atoms with E-state index in [4.69, 9.17) is 33.5 Å². The third-order valence-electron chi connectivity index (χ3n) is 13.6. The molecule has 0 N–H and O–H groups in total. The van der Waals surface area contributed by atoms with E-state index in [2.05, 4.69) is 146 Å². The number of ether oxygens (including phenoxy) is 1. The summed E-state index contributed by atoms with van der Waals surface area (Å²) in [5, 5.41) is 7.37. The number of fused-ring (bicyclic) bond motifs is 12. The molecule has 8 aromatic carbocycles. The number of allylic oxidation sites excluding steroid dienone is 2. The van der Waals surface area contributed by atoms with Crippen molar-refractivity contribution in [2.45, 2.75) is 18.4 Å². The normalized spacial score (nSPS) is 16.5. The zero-order valence-corrected chi connectivity index (χ0v) is 35.6. The molecule has 2 unspecified atom stereocenters. The summed E-state index contributed by atoms with van der Waals surface area (Å²) in [5.41, 5.74) is 11.4. The van der Waals surface area contributed by atoms with Crippen molar-refractivity contribution in [1.82, 2.24) is 19.9 Å². The van der Waals surface area contributed by atoms with Crippen molar-refractivity contribution in [1.29, 1.82) is 0 Å². The molecule has 0 amide bonds. The van der Waals surface area contributed by atoms with Crippen LogP contribution in [0.4, 0.5) is 0 Å². The first-order chi connectivity index (χ1) is 32.6. The predicted octanol–water partition coefficient (Wildman–Crippen LogP) is 14.9. The van der Waals surface area contributed by atoms with Gasteiger partial charge in [-0.05, 0) is 55.0 Å². The summed E-state index contributed by atoms with van der Waals surface area (Å²) < 4.78 is 20.0. The first-order valence-electron chi connectivity index (χ1n) is 22.2. The van der Waals surface area contributed by atoms with Gasteiger partial charge in [0.2, 0.25) is 0 Å². The van der Waals surface area contributed by atoms with E-state index in [1.807, 2.05) is 54.6 Å². The molecule has 2 atom stereocenters. The minimum Gasteiger partial charge on any atom is -0.484 e. The van der Waals surface area contributed by atoms with Gasteiger partial charge in [-0.15, -0.1) is 0 Å². The molecular weight excluding hydrogens is 813 g/mol. The summed E-state index contributed by atoms with van der Waals surface area (Å²) in [5.74, 6) is 2.35. The largest absolute Gasteiger partial charge is 0.484 e. The Morgan fingerprint density at radius 1 is 0.470 bits per heavy atom. The maximum atomic E-state index is 6.76. The van der Waals surface area contributed by atoms with Crippen LogP contribution in [0, 0.1) is 0 Å². The van der Waals surface area contributed by atoms with Crippen molar-refractivity contribution in [2.24, 2.45) is 0 Å². The maximum Gasteiger partial charge on any atom is 0.167 e. The van der Waals surface area contributed by atoms with Gasteiger partial charge in [-0.2, -0.15) is 0 Å². The predicted molar refractivity (Wildman–Crippen MR) is 264 cm³/mol. The van der Waals surface area contributed by atoms with E-state index in [1.165, 1.54) is 0 Å². The lowest BCUT2D eigenvalue weighted by molar-refractivity contribution is 0.228. The second-order valence-corrected chi connectivity index (χ2v) is 17.4. The third kappa shape index (κ3) is 5.37. The molecule has 7 nitrogen and oxygen atoms in total. The number of aromatic nitrogens is 4. The molecule has 7 heteroatoms. The Morgan fingerprint density at radius 3 is 1.98 bits per heavy atom. The lowest BCUT2D eigenvalue weighted by atomic mass is 9.76. The fourth-order valence-electron chi connectivity index (χ4n) is 10.4. The molecule has 0 radical (unpaired) electrons. The average Bonchev–Trinajstić information content (AvgIpc) is 4.04. The van der Waals surface area contributed by atoms with E-state index in [0.29, 0.717) is 17.5 Å². The number of rotatable bonds is 5. The molecule has 310 valence electrons. The molecule has 0 saturated carbocycles. The number of pyridine rings is 1. The Balaban J connectivity index is 1.00. The number of nitrogens with zero attached hydrogens (tertiary/aromatic N) is 4. The SMILES string of the molecule is CC12C=CC=CC1Oc1c(-c3nc(-c4ccc(-c5c6c(cc7c(-c8ccccc8)nc8ccccc8c57)oc5ccccc56)cc4)nc(-c4cccc5c4oc4ccccc45)n3)cccc12. The minimum absolute atomic E-state index is 0.138. The van der Waals surface area contributed by atoms with Gasteiger partial charge in [-0.25, -0.2) is 19.9 Å². The molecule has 4 aromatic heterocycles. The summed E-state index contributed by atoms with van der Waals surface area (Å²) in [7, 11) is 0. The molecule has 2 aliphatic rings. The van der Waals surface area contributed by atoms with E-state index in [9.17, 15) is 0 Å². The van der Waals surface area contributed by atoms with Gasteiger partial charge in [-0.1, -0.05) is 152 Å². The topological polar surface area (TPSA) is 87.1 Å². The zero-order chi connectivity index (χ0) is 43.5. The van der Waals surface area contributed by atoms with Crippen LogP contribution in [-0.4, -0.2) is 26.0 Å². The second kappa shape index (κ2) is 13.9. The Hall–Kier alpha value is -8.68. The van der Waals surface area contributed by atoms with Crippen molar-refractivity contribution >= 4 is 65.6 Å². The number of hydrogen-bond donors (Lipinski definition) is 0. The highest BCUT2D eigenvalue weighted by molar-refractivity contribution is 6.27. The van der Waals surface area contributed by atoms with E-state index in [0.717, 1.165) is 116 Å². The minimum atomic E-state index is -0.314. The van der Waals surface area contributed by atoms with Crippen LogP contribution in [0.1, 0.15) is 12.5 Å². The van der Waals surface area contributed by atoms with Crippen LogP contribution in [0.15, 0.2) is 203 Å². The second-order valence-electron chi connectivity index (χ2n) is 17.4. The molecule has 66 heavy (non-hydrogen) atoms. The molecular formula is C59H36N4O3. The van der Waals surface area contributed by atoms with Gasteiger partial charge in [0, 0.05) is 60.0 Å². The van der Waals surface area contributed by atoms with Gasteiger partial charge in [0.15, 0.2) is 17.5 Å². The van der Waals surface area contributed by atoms with E-state index in [-0.39, 0.29) is 11.5 Å². The fraction of sp³-hybridized carbons (Fsp3) is 0.0508. The van der Waals surface area contributed by atoms with Crippen molar-refractivity contribution in [3.05, 3.63) is 200 Å². The van der Waals surface area contributed by atoms with Gasteiger partial charge in [0.25, 0.3) is 0 Å². The van der Waals surface area contributed by atoms with Crippen molar-refractivity contribution in [3.63, 3.8) is 0 Å². The van der Waals surface area contributed by atoms with Crippen LogP contribution >= 0.6 is 0 Å². The smallest absolute Gasteiger partial charge is 0.167 e. The summed E-state index contributed by atoms with van der Waals surface area (Å²) >= 11 is 0. The molecule has 12 aromatic rings. The van der Waals surface area contributed by atoms with Gasteiger partial charge >= 0.3 is 0 Å². The maximum absolute atomic E-state index is 6.76. The average molecular weight is 849 g/mol. The molecule has 0 saturated heterocycles. The molecule has 1 aliphatic heterocycles. The third-order valence-corrected chi connectivity index (χ3v) is 13.6. The van der Waals surface area contributed by atoms with E-state index in [1.54, 1.807) is 0 Å². The highest BCUT2D eigenvalue weighted by Gasteiger charge is 2.44. The molecule has 1 aliphatic carbocycles. The molecule has 0 fully saturated rings. The van der Waals surface area contributed by atoms with Gasteiger partial charge < -0.3 is 13.6 Å². The first kappa shape index (κ1) is 36.8. The molecule has 5 heterocycles. The van der Waals surface area contributed by atoms with Gasteiger partial charge in [0.05, 0.1) is 27.8 Å². The van der Waals surface area contributed by atoms with Gasteiger partial charge in [-0.3, -0.25) is 0 Å². The monoisotopic (exact) mass is 848 g/mol. The Bertz CT molecular complexity index is 4050.